The van der Waals surface area contributed by atoms with E-state index >= 15 is 0 Å². The van der Waals surface area contributed by atoms with Crippen LogP contribution in [0.5, 0.6) is 11.5 Å². The zero-order valence-corrected chi connectivity index (χ0v) is 14.8. The van der Waals surface area contributed by atoms with Gasteiger partial charge in [-0.1, -0.05) is 34.1 Å². The summed E-state index contributed by atoms with van der Waals surface area (Å²) in [5.74, 6) is 0.0332. The van der Waals surface area contributed by atoms with Gasteiger partial charge in [-0.05, 0) is 37.3 Å². The van der Waals surface area contributed by atoms with Crippen molar-refractivity contribution in [3.8, 4) is 11.5 Å². The van der Waals surface area contributed by atoms with E-state index < -0.39 is 12.5 Å². The van der Waals surface area contributed by atoms with E-state index in [2.05, 4.69) is 31.2 Å². The zero-order chi connectivity index (χ0) is 18.2. The van der Waals surface area contributed by atoms with Crippen LogP contribution in [-0.4, -0.2) is 24.8 Å². The second kappa shape index (κ2) is 9.12. The van der Waals surface area contributed by atoms with Crippen molar-refractivity contribution in [2.45, 2.75) is 13.5 Å². The predicted octanol–water partition coefficient (Wildman–Crippen LogP) is 3.97. The van der Waals surface area contributed by atoms with E-state index in [9.17, 15) is 13.6 Å². The molecule has 0 aliphatic heterocycles. The van der Waals surface area contributed by atoms with Gasteiger partial charge in [0.05, 0.1) is 5.71 Å². The number of para-hydroxylation sites is 1. The van der Waals surface area contributed by atoms with Gasteiger partial charge < -0.3 is 9.47 Å². The normalized spacial score (nSPS) is 11.3. The number of hydrogen-bond donors (Lipinski definition) is 1. The largest absolute Gasteiger partial charge is 0.484 e. The Balaban J connectivity index is 1.95. The Bertz CT molecular complexity index is 769. The molecule has 0 aliphatic carbocycles. The van der Waals surface area contributed by atoms with Gasteiger partial charge in [0.2, 0.25) is 0 Å². The lowest BCUT2D eigenvalue weighted by Gasteiger charge is -2.10. The molecule has 0 saturated carbocycles. The molecule has 132 valence electrons. The van der Waals surface area contributed by atoms with E-state index in [1.54, 1.807) is 43.3 Å². The van der Waals surface area contributed by atoms with E-state index in [-0.39, 0.29) is 12.4 Å². The second-order valence-electron chi connectivity index (χ2n) is 4.85. The van der Waals surface area contributed by atoms with Crippen molar-refractivity contribution in [3.05, 3.63) is 58.6 Å². The number of benzene rings is 2. The van der Waals surface area contributed by atoms with Crippen molar-refractivity contribution in [1.29, 1.82) is 0 Å². The summed E-state index contributed by atoms with van der Waals surface area (Å²) in [5.41, 5.74) is 3.00. The van der Waals surface area contributed by atoms with Crippen molar-refractivity contribution in [2.24, 2.45) is 5.10 Å². The first kappa shape index (κ1) is 18.9. The third kappa shape index (κ3) is 6.15. The Morgan fingerprint density at radius 2 is 2.00 bits per heavy atom. The highest BCUT2D eigenvalue weighted by atomic mass is 79.9. The molecular formula is C17H15BrF2N2O3. The highest BCUT2D eigenvalue weighted by Crippen LogP contribution is 2.21. The molecule has 2 aromatic rings. The topological polar surface area (TPSA) is 59.9 Å². The summed E-state index contributed by atoms with van der Waals surface area (Å²) >= 11 is 3.30. The van der Waals surface area contributed by atoms with Crippen molar-refractivity contribution in [3.63, 3.8) is 0 Å². The van der Waals surface area contributed by atoms with Crippen LogP contribution in [0.3, 0.4) is 0 Å². The van der Waals surface area contributed by atoms with Crippen LogP contribution in [0.4, 0.5) is 8.78 Å². The molecule has 0 heterocycles. The van der Waals surface area contributed by atoms with Crippen molar-refractivity contribution in [1.82, 2.24) is 5.43 Å². The SMILES string of the molecule is C/C(=N/NC(=O)COc1cccc(Br)c1)c1ccccc1OC(F)F. The van der Waals surface area contributed by atoms with Gasteiger partial charge in [-0.15, -0.1) is 0 Å². The summed E-state index contributed by atoms with van der Waals surface area (Å²) in [7, 11) is 0. The van der Waals surface area contributed by atoms with Crippen molar-refractivity contribution < 1.29 is 23.0 Å². The lowest BCUT2D eigenvalue weighted by Crippen LogP contribution is -2.25. The minimum Gasteiger partial charge on any atom is -0.484 e. The maximum Gasteiger partial charge on any atom is 0.387 e. The number of nitrogens with one attached hydrogen (secondary N) is 1. The lowest BCUT2D eigenvalue weighted by atomic mass is 10.1. The molecular weight excluding hydrogens is 398 g/mol. The van der Waals surface area contributed by atoms with E-state index in [0.717, 1.165) is 4.47 Å². The fraction of sp³-hybridized carbons (Fsp3) is 0.176. The first-order valence-corrected chi connectivity index (χ1v) is 8.00. The lowest BCUT2D eigenvalue weighted by molar-refractivity contribution is -0.123. The van der Waals surface area contributed by atoms with E-state index in [0.29, 0.717) is 17.0 Å². The van der Waals surface area contributed by atoms with E-state index in [4.69, 9.17) is 4.74 Å². The molecule has 1 N–H and O–H groups in total. The van der Waals surface area contributed by atoms with Crippen molar-refractivity contribution >= 4 is 27.5 Å². The third-order valence-corrected chi connectivity index (χ3v) is 3.50. The van der Waals surface area contributed by atoms with Gasteiger partial charge in [0.1, 0.15) is 11.5 Å². The monoisotopic (exact) mass is 412 g/mol. The molecule has 8 heteroatoms. The molecule has 1 amide bonds. The molecule has 0 atom stereocenters. The first-order chi connectivity index (χ1) is 12.0. The van der Waals surface area contributed by atoms with Crippen LogP contribution in [0.1, 0.15) is 12.5 Å². The summed E-state index contributed by atoms with van der Waals surface area (Å²) in [6, 6.07) is 13.2. The fourth-order valence-corrected chi connectivity index (χ4v) is 2.29. The van der Waals surface area contributed by atoms with E-state index in [1.807, 2.05) is 6.07 Å². The molecule has 0 aliphatic rings. The predicted molar refractivity (Wildman–Crippen MR) is 93.1 cm³/mol. The van der Waals surface area contributed by atoms with Crippen LogP contribution in [-0.2, 0) is 4.79 Å². The number of carbonyl (C=O) groups is 1. The molecule has 5 nitrogen and oxygen atoms in total. The summed E-state index contributed by atoms with van der Waals surface area (Å²) in [5, 5.41) is 3.90. The van der Waals surface area contributed by atoms with Crippen LogP contribution in [0.15, 0.2) is 58.1 Å². The first-order valence-electron chi connectivity index (χ1n) is 7.21. The van der Waals surface area contributed by atoms with Crippen LogP contribution in [0, 0.1) is 0 Å². The van der Waals surface area contributed by atoms with E-state index in [1.165, 1.54) is 6.07 Å². The molecule has 2 rings (SSSR count). The average molecular weight is 413 g/mol. The highest BCUT2D eigenvalue weighted by Gasteiger charge is 2.11. The smallest absolute Gasteiger partial charge is 0.387 e. The number of rotatable bonds is 7. The summed E-state index contributed by atoms with van der Waals surface area (Å²) in [4.78, 5) is 11.8. The maximum absolute atomic E-state index is 12.4. The quantitative estimate of drug-likeness (QED) is 0.552. The Labute approximate surface area is 151 Å². The average Bonchev–Trinajstić information content (AvgIpc) is 2.58. The van der Waals surface area contributed by atoms with Gasteiger partial charge in [-0.25, -0.2) is 5.43 Å². The molecule has 0 spiro atoms. The molecule has 25 heavy (non-hydrogen) atoms. The summed E-state index contributed by atoms with van der Waals surface area (Å²) in [6.07, 6.45) is 0. The molecule has 0 unspecified atom stereocenters. The Hall–Kier alpha value is -2.48. The third-order valence-electron chi connectivity index (χ3n) is 3.01. The molecule has 0 aromatic heterocycles. The van der Waals surface area contributed by atoms with Gasteiger partial charge in [0, 0.05) is 10.0 Å². The Kier molecular flexibility index (Phi) is 6.88. The van der Waals surface area contributed by atoms with Gasteiger partial charge >= 0.3 is 6.61 Å². The number of hydrogen-bond acceptors (Lipinski definition) is 4. The molecule has 2 aromatic carbocycles. The highest BCUT2D eigenvalue weighted by molar-refractivity contribution is 9.10. The number of carbonyl (C=O) groups excluding carboxylic acids is 1. The van der Waals surface area contributed by atoms with Crippen LogP contribution in [0.2, 0.25) is 0 Å². The van der Waals surface area contributed by atoms with Gasteiger partial charge in [-0.2, -0.15) is 13.9 Å². The second-order valence-corrected chi connectivity index (χ2v) is 5.77. The Morgan fingerprint density at radius 1 is 1.24 bits per heavy atom. The number of amides is 1. The van der Waals surface area contributed by atoms with Crippen molar-refractivity contribution in [2.75, 3.05) is 6.61 Å². The molecule has 0 saturated heterocycles. The number of nitrogens with zero attached hydrogens (tertiary/aromatic N) is 1. The molecule has 0 radical (unpaired) electrons. The summed E-state index contributed by atoms with van der Waals surface area (Å²) < 4.78 is 35.4. The van der Waals surface area contributed by atoms with Gasteiger partial charge in [-0.3, -0.25) is 4.79 Å². The fourth-order valence-electron chi connectivity index (χ4n) is 1.91. The zero-order valence-electron chi connectivity index (χ0n) is 13.2. The van der Waals surface area contributed by atoms with Gasteiger partial charge in [0.15, 0.2) is 6.61 Å². The molecule has 0 fully saturated rings. The standard InChI is InChI=1S/C17H15BrF2N2O3/c1-11(14-7-2-3-8-15(14)25-17(19)20)21-22-16(23)10-24-13-6-4-5-12(18)9-13/h2-9,17H,10H2,1H3,(H,22,23)/b21-11-. The number of hydrazone groups is 1. The Morgan fingerprint density at radius 3 is 2.72 bits per heavy atom. The van der Waals surface area contributed by atoms with Crippen LogP contribution in [0.25, 0.3) is 0 Å². The minimum atomic E-state index is -2.94. The summed E-state index contributed by atoms with van der Waals surface area (Å²) in [6.45, 7) is -1.60. The molecule has 0 bridgehead atoms. The van der Waals surface area contributed by atoms with Crippen LogP contribution >= 0.6 is 15.9 Å². The van der Waals surface area contributed by atoms with Gasteiger partial charge in [0.25, 0.3) is 5.91 Å². The number of ether oxygens (including phenoxy) is 2. The number of halogens is 3. The van der Waals surface area contributed by atoms with Crippen LogP contribution < -0.4 is 14.9 Å². The minimum absolute atomic E-state index is 0.0154. The maximum atomic E-state index is 12.4. The number of alkyl halides is 2.